The molecule has 1 saturated heterocycles. The van der Waals surface area contributed by atoms with Gasteiger partial charge in [-0.05, 0) is 46.0 Å². The van der Waals surface area contributed by atoms with Crippen molar-refractivity contribution in [3.8, 4) is 11.5 Å². The summed E-state index contributed by atoms with van der Waals surface area (Å²) >= 11 is 0. The lowest BCUT2D eigenvalue weighted by Gasteiger charge is -2.37. The number of likely N-dealkylation sites (tertiary alicyclic amines) is 1. The molecule has 1 aliphatic heterocycles. The number of nitrogens with zero attached hydrogens (tertiary/aromatic N) is 1. The minimum atomic E-state index is -1.72. The largest absolute Gasteiger partial charge is 0.524 e. The molecule has 7 nitrogen and oxygen atoms in total. The molecule has 0 spiro atoms. The second kappa shape index (κ2) is 10.2. The number of rotatable bonds is 4. The molecule has 8 heteroatoms. The third-order valence-corrected chi connectivity index (χ3v) is 6.09. The number of imide groups is 1. The first-order chi connectivity index (χ1) is 14.0. The van der Waals surface area contributed by atoms with Gasteiger partial charge in [-0.2, -0.15) is 4.79 Å². The molecule has 31 heavy (non-hydrogen) atoms. The van der Waals surface area contributed by atoms with Gasteiger partial charge in [0.2, 0.25) is 0 Å². The van der Waals surface area contributed by atoms with Crippen LogP contribution in [0, 0.1) is 17.4 Å². The van der Waals surface area contributed by atoms with E-state index in [0.717, 1.165) is 0 Å². The van der Waals surface area contributed by atoms with Crippen molar-refractivity contribution in [2.45, 2.75) is 104 Å². The number of hydrogen-bond acceptors (Lipinski definition) is 5. The Balaban J connectivity index is 3.46. The van der Waals surface area contributed by atoms with Gasteiger partial charge in [-0.3, -0.25) is 0 Å². The van der Waals surface area contributed by atoms with Crippen molar-refractivity contribution >= 4 is 26.2 Å². The van der Waals surface area contributed by atoms with E-state index >= 15 is 0 Å². The summed E-state index contributed by atoms with van der Waals surface area (Å²) in [7, 11) is -0.426. The predicted octanol–water partition coefficient (Wildman–Crippen LogP) is 4.47. The van der Waals surface area contributed by atoms with E-state index in [-0.39, 0.29) is 17.9 Å². The SMILES string of the molecule is COC(=O)[N+]1(C(=O)C(CC(C)C)NC(=O)OC(C)(C)C)C(C)CC[C@@H]1C#C[Si](C)(C)C. The van der Waals surface area contributed by atoms with Crippen molar-refractivity contribution < 1.29 is 28.3 Å². The van der Waals surface area contributed by atoms with Gasteiger partial charge in [0.05, 0.1) is 7.11 Å². The zero-order chi connectivity index (χ0) is 24.2. The van der Waals surface area contributed by atoms with Gasteiger partial charge in [-0.15, -0.1) is 10.0 Å². The Morgan fingerprint density at radius 1 is 1.16 bits per heavy atom. The van der Waals surface area contributed by atoms with Crippen molar-refractivity contribution in [1.82, 2.24) is 5.32 Å². The minimum Gasteiger partial charge on any atom is -0.444 e. The number of ether oxygens (including phenoxy) is 2. The highest BCUT2D eigenvalue weighted by molar-refractivity contribution is 6.83. The van der Waals surface area contributed by atoms with Gasteiger partial charge in [0.25, 0.3) is 0 Å². The molecular weight excluding hydrogens is 412 g/mol. The standard InChI is InChI=1S/C23H40N2O5Si/c1-16(2)15-19(24-21(27)30-23(4,5)6)20(26)25(22(28)29-7)17(3)11-12-18(25)13-14-31(8,9)10/h16-19H,11-12,15H2,1-10H3/p+1/t17?,18-,19?,25?/m1/s1. The smallest absolute Gasteiger partial charge is 0.444 e. The molecule has 1 N–H and O–H groups in total. The summed E-state index contributed by atoms with van der Waals surface area (Å²) in [4.78, 5) is 39.7. The Bertz CT molecular complexity index is 742. The average Bonchev–Trinajstić information content (AvgIpc) is 2.92. The van der Waals surface area contributed by atoms with Gasteiger partial charge < -0.3 is 14.8 Å². The number of methoxy groups -OCH3 is 1. The zero-order valence-corrected chi connectivity index (χ0v) is 21.9. The fourth-order valence-corrected chi connectivity index (χ4v) is 4.51. The summed E-state index contributed by atoms with van der Waals surface area (Å²) in [6.45, 7) is 17.5. The highest BCUT2D eigenvalue weighted by Crippen LogP contribution is 2.36. The molecule has 0 aliphatic carbocycles. The van der Waals surface area contributed by atoms with Crippen LogP contribution in [0.25, 0.3) is 0 Å². The lowest BCUT2D eigenvalue weighted by Crippen LogP contribution is -2.68. The average molecular weight is 454 g/mol. The summed E-state index contributed by atoms with van der Waals surface area (Å²) in [5.74, 6) is 2.99. The summed E-state index contributed by atoms with van der Waals surface area (Å²) in [5, 5.41) is 2.73. The monoisotopic (exact) mass is 453 g/mol. The third kappa shape index (κ3) is 7.08. The molecule has 1 heterocycles. The lowest BCUT2D eigenvalue weighted by molar-refractivity contribution is -0.810. The molecule has 0 radical (unpaired) electrons. The van der Waals surface area contributed by atoms with Crippen molar-refractivity contribution in [2.24, 2.45) is 5.92 Å². The predicted molar refractivity (Wildman–Crippen MR) is 124 cm³/mol. The minimum absolute atomic E-state index is 0.117. The van der Waals surface area contributed by atoms with E-state index in [4.69, 9.17) is 9.47 Å². The first-order valence-electron chi connectivity index (χ1n) is 11.1. The Hall–Kier alpha value is -1.85. The highest BCUT2D eigenvalue weighted by atomic mass is 28.3. The van der Waals surface area contributed by atoms with Crippen LogP contribution in [0.1, 0.15) is 60.8 Å². The maximum atomic E-state index is 14.0. The van der Waals surface area contributed by atoms with Crippen molar-refractivity contribution in [2.75, 3.05) is 7.11 Å². The van der Waals surface area contributed by atoms with Crippen molar-refractivity contribution in [1.29, 1.82) is 0 Å². The van der Waals surface area contributed by atoms with Gasteiger partial charge in [0.15, 0.2) is 6.04 Å². The Kier molecular flexibility index (Phi) is 8.92. The second-order valence-electron chi connectivity index (χ2n) is 10.9. The normalized spacial score (nSPS) is 24.7. The molecule has 1 aliphatic rings. The summed E-state index contributed by atoms with van der Waals surface area (Å²) in [6, 6.07) is -1.67. The second-order valence-corrected chi connectivity index (χ2v) is 15.6. The molecule has 1 fully saturated rings. The van der Waals surface area contributed by atoms with Crippen LogP contribution in [0.5, 0.6) is 0 Å². The molecule has 0 bridgehead atoms. The number of nitrogens with one attached hydrogen (secondary N) is 1. The summed E-state index contributed by atoms with van der Waals surface area (Å²) in [6.07, 6.45) is 0.388. The molecule has 4 atom stereocenters. The molecule has 176 valence electrons. The number of alkyl carbamates (subject to hydrolysis) is 1. The van der Waals surface area contributed by atoms with Crippen molar-refractivity contribution in [3.05, 3.63) is 0 Å². The molecule has 0 saturated carbocycles. The van der Waals surface area contributed by atoms with Crippen LogP contribution in [0.2, 0.25) is 19.6 Å². The maximum absolute atomic E-state index is 14.0. The number of quaternary nitrogens is 1. The van der Waals surface area contributed by atoms with Crippen LogP contribution in [0.15, 0.2) is 0 Å². The number of hydrogen-bond donors (Lipinski definition) is 1. The Morgan fingerprint density at radius 3 is 2.19 bits per heavy atom. The van der Waals surface area contributed by atoms with Gasteiger partial charge in [0.1, 0.15) is 25.8 Å². The fourth-order valence-electron chi connectivity index (χ4n) is 3.91. The number of carbonyl (C=O) groups excluding carboxylic acids is 3. The fraction of sp³-hybridized carbons (Fsp3) is 0.783. The van der Waals surface area contributed by atoms with Crippen molar-refractivity contribution in [3.63, 3.8) is 0 Å². The van der Waals surface area contributed by atoms with E-state index in [1.807, 2.05) is 20.8 Å². The van der Waals surface area contributed by atoms with E-state index in [1.165, 1.54) is 7.11 Å². The first-order valence-corrected chi connectivity index (χ1v) is 14.6. The van der Waals surface area contributed by atoms with E-state index in [9.17, 15) is 14.4 Å². The maximum Gasteiger partial charge on any atom is 0.524 e. The van der Waals surface area contributed by atoms with Gasteiger partial charge >= 0.3 is 18.1 Å². The molecule has 0 aromatic rings. The van der Waals surface area contributed by atoms with Gasteiger partial charge in [0, 0.05) is 12.8 Å². The van der Waals surface area contributed by atoms with E-state index in [1.54, 1.807) is 20.8 Å². The topological polar surface area (TPSA) is 81.7 Å². The highest BCUT2D eigenvalue weighted by Gasteiger charge is 2.61. The van der Waals surface area contributed by atoms with Crippen LogP contribution < -0.4 is 5.32 Å². The van der Waals surface area contributed by atoms with Crippen LogP contribution in [0.4, 0.5) is 9.59 Å². The summed E-state index contributed by atoms with van der Waals surface area (Å²) < 4.78 is 10.0. The molecule has 3 amide bonds. The molecular formula is C23H41N2O5Si+. The van der Waals surface area contributed by atoms with Crippen LogP contribution in [-0.4, -0.2) is 61.5 Å². The Morgan fingerprint density at radius 2 is 1.74 bits per heavy atom. The van der Waals surface area contributed by atoms with E-state index in [2.05, 4.69) is 36.4 Å². The number of amides is 3. The van der Waals surface area contributed by atoms with Crippen LogP contribution >= 0.6 is 0 Å². The third-order valence-electron chi connectivity index (χ3n) is 5.20. The lowest BCUT2D eigenvalue weighted by atomic mass is 10.0. The van der Waals surface area contributed by atoms with Gasteiger partial charge in [-0.1, -0.05) is 33.5 Å². The van der Waals surface area contributed by atoms with Gasteiger partial charge in [-0.25, -0.2) is 9.59 Å². The van der Waals surface area contributed by atoms with E-state index < -0.39 is 42.4 Å². The molecule has 1 rings (SSSR count). The Labute approximate surface area is 188 Å². The quantitative estimate of drug-likeness (QED) is 0.386. The molecule has 3 unspecified atom stereocenters. The molecule has 0 aromatic carbocycles. The zero-order valence-electron chi connectivity index (χ0n) is 20.9. The number of carbonyl (C=O) groups is 3. The summed E-state index contributed by atoms with van der Waals surface area (Å²) in [5.41, 5.74) is 2.63. The van der Waals surface area contributed by atoms with Crippen LogP contribution in [-0.2, 0) is 14.3 Å². The molecule has 0 aromatic heterocycles. The van der Waals surface area contributed by atoms with E-state index in [0.29, 0.717) is 19.3 Å². The van der Waals surface area contributed by atoms with Crippen LogP contribution in [0.3, 0.4) is 0 Å². The first kappa shape index (κ1) is 27.2.